The zero-order valence-electron chi connectivity index (χ0n) is 12.2. The summed E-state index contributed by atoms with van der Waals surface area (Å²) in [7, 11) is 0. The zero-order chi connectivity index (χ0) is 15.2. The van der Waals surface area contributed by atoms with Crippen LogP contribution in [0, 0.1) is 0 Å². The lowest BCUT2D eigenvalue weighted by molar-refractivity contribution is -0.114. The van der Waals surface area contributed by atoms with Crippen molar-refractivity contribution in [3.8, 4) is 0 Å². The summed E-state index contributed by atoms with van der Waals surface area (Å²) in [5.41, 5.74) is 0.331. The number of hydrogen-bond acceptors (Lipinski definition) is 6. The number of thiazole rings is 1. The van der Waals surface area contributed by atoms with Gasteiger partial charge in [0.2, 0.25) is 5.91 Å². The van der Waals surface area contributed by atoms with Gasteiger partial charge in [-0.3, -0.25) is 14.5 Å². The monoisotopic (exact) mass is 312 g/mol. The number of amides is 2. The summed E-state index contributed by atoms with van der Waals surface area (Å²) < 4.78 is 5.29. The van der Waals surface area contributed by atoms with Gasteiger partial charge in [0, 0.05) is 38.0 Å². The molecule has 0 saturated carbocycles. The molecule has 0 radical (unpaired) electrons. The van der Waals surface area contributed by atoms with Gasteiger partial charge in [-0.2, -0.15) is 0 Å². The van der Waals surface area contributed by atoms with Crippen LogP contribution in [0.15, 0.2) is 5.38 Å². The van der Waals surface area contributed by atoms with Crippen LogP contribution >= 0.6 is 11.3 Å². The highest BCUT2D eigenvalue weighted by atomic mass is 32.1. The van der Waals surface area contributed by atoms with Crippen LogP contribution in [-0.2, 0) is 9.53 Å². The van der Waals surface area contributed by atoms with Crippen molar-refractivity contribution in [3.05, 3.63) is 11.1 Å². The maximum absolute atomic E-state index is 12.1. The van der Waals surface area contributed by atoms with Gasteiger partial charge in [0.15, 0.2) is 5.13 Å². The molecule has 1 aromatic heterocycles. The van der Waals surface area contributed by atoms with Gasteiger partial charge < -0.3 is 15.4 Å². The van der Waals surface area contributed by atoms with Crippen LogP contribution in [0.3, 0.4) is 0 Å². The van der Waals surface area contributed by atoms with Crippen molar-refractivity contribution in [2.24, 2.45) is 0 Å². The standard InChI is InChI=1S/C13H20N4O3S/c1-9(7-17-3-5-20-6-4-17)14-12(19)11-8-21-13(16-11)15-10(2)18/h8-9H,3-7H2,1-2H3,(H,14,19)(H,15,16,18)/t9-/m1/s1. The fourth-order valence-corrected chi connectivity index (χ4v) is 2.84. The van der Waals surface area contributed by atoms with Gasteiger partial charge in [-0.15, -0.1) is 11.3 Å². The number of morpholine rings is 1. The first kappa shape index (κ1) is 15.9. The minimum Gasteiger partial charge on any atom is -0.379 e. The lowest BCUT2D eigenvalue weighted by Crippen LogP contribution is -2.46. The van der Waals surface area contributed by atoms with E-state index in [4.69, 9.17) is 4.74 Å². The quantitative estimate of drug-likeness (QED) is 0.830. The number of nitrogens with one attached hydrogen (secondary N) is 2. The smallest absolute Gasteiger partial charge is 0.271 e. The third-order valence-electron chi connectivity index (χ3n) is 3.03. The molecule has 1 fully saturated rings. The van der Waals surface area contributed by atoms with E-state index in [1.165, 1.54) is 18.3 Å². The number of hydrogen-bond donors (Lipinski definition) is 2. The number of aromatic nitrogens is 1. The molecule has 7 nitrogen and oxygen atoms in total. The molecule has 1 atom stereocenters. The second-order valence-electron chi connectivity index (χ2n) is 5.01. The minimum atomic E-state index is -0.219. The fraction of sp³-hybridized carbons (Fsp3) is 0.615. The molecule has 1 aliphatic rings. The largest absolute Gasteiger partial charge is 0.379 e. The molecule has 2 amide bonds. The molecule has 1 aromatic rings. The number of ether oxygens (including phenoxy) is 1. The normalized spacial score (nSPS) is 17.2. The predicted octanol–water partition coefficient (Wildman–Crippen LogP) is 0.552. The predicted molar refractivity (Wildman–Crippen MR) is 80.6 cm³/mol. The molecule has 1 aliphatic heterocycles. The lowest BCUT2D eigenvalue weighted by Gasteiger charge is -2.29. The molecular weight excluding hydrogens is 292 g/mol. The summed E-state index contributed by atoms with van der Waals surface area (Å²) in [6, 6.07) is 0.0292. The molecule has 0 bridgehead atoms. The fourth-order valence-electron chi connectivity index (χ4n) is 2.10. The van der Waals surface area contributed by atoms with Gasteiger partial charge in [-0.1, -0.05) is 0 Å². The van der Waals surface area contributed by atoms with E-state index in [1.54, 1.807) is 5.38 Å². The first-order chi connectivity index (χ1) is 10.0. The molecule has 0 aromatic carbocycles. The number of rotatable bonds is 5. The lowest BCUT2D eigenvalue weighted by atomic mass is 10.2. The van der Waals surface area contributed by atoms with E-state index < -0.39 is 0 Å². The first-order valence-electron chi connectivity index (χ1n) is 6.88. The van der Waals surface area contributed by atoms with Gasteiger partial charge in [-0.05, 0) is 6.92 Å². The molecule has 0 unspecified atom stereocenters. The number of carbonyl (C=O) groups is 2. The Hall–Kier alpha value is -1.51. The topological polar surface area (TPSA) is 83.6 Å². The van der Waals surface area contributed by atoms with Crippen LogP contribution in [-0.4, -0.2) is 60.6 Å². The minimum absolute atomic E-state index is 0.0292. The Bertz CT molecular complexity index is 499. The zero-order valence-corrected chi connectivity index (χ0v) is 13.0. The molecule has 8 heteroatoms. The molecule has 1 saturated heterocycles. The van der Waals surface area contributed by atoms with Crippen molar-refractivity contribution in [1.82, 2.24) is 15.2 Å². The Morgan fingerprint density at radius 1 is 1.48 bits per heavy atom. The number of nitrogens with zero attached hydrogens (tertiary/aromatic N) is 2. The Morgan fingerprint density at radius 2 is 2.19 bits per heavy atom. The maximum Gasteiger partial charge on any atom is 0.271 e. The Kier molecular flexibility index (Phi) is 5.66. The van der Waals surface area contributed by atoms with E-state index in [0.717, 1.165) is 32.8 Å². The van der Waals surface area contributed by atoms with Crippen molar-refractivity contribution in [2.75, 3.05) is 38.2 Å². The Morgan fingerprint density at radius 3 is 2.86 bits per heavy atom. The van der Waals surface area contributed by atoms with Crippen LogP contribution in [0.25, 0.3) is 0 Å². The van der Waals surface area contributed by atoms with E-state index in [2.05, 4.69) is 20.5 Å². The maximum atomic E-state index is 12.1. The van der Waals surface area contributed by atoms with Crippen LogP contribution in [0.1, 0.15) is 24.3 Å². The summed E-state index contributed by atoms with van der Waals surface area (Å²) in [4.78, 5) is 29.4. The van der Waals surface area contributed by atoms with Gasteiger partial charge in [0.05, 0.1) is 13.2 Å². The van der Waals surface area contributed by atoms with Crippen LogP contribution in [0.5, 0.6) is 0 Å². The highest BCUT2D eigenvalue weighted by molar-refractivity contribution is 7.14. The van der Waals surface area contributed by atoms with Gasteiger partial charge in [0.1, 0.15) is 5.69 Å². The van der Waals surface area contributed by atoms with E-state index in [1.807, 2.05) is 6.92 Å². The van der Waals surface area contributed by atoms with Gasteiger partial charge in [0.25, 0.3) is 5.91 Å². The average molecular weight is 312 g/mol. The molecule has 2 rings (SSSR count). The van der Waals surface area contributed by atoms with E-state index >= 15 is 0 Å². The SMILES string of the molecule is CC(=O)Nc1nc(C(=O)N[C@H](C)CN2CCOCC2)cs1. The van der Waals surface area contributed by atoms with E-state index in [9.17, 15) is 9.59 Å². The van der Waals surface area contributed by atoms with Gasteiger partial charge in [-0.25, -0.2) is 4.98 Å². The average Bonchev–Trinajstić information content (AvgIpc) is 2.87. The third-order valence-corrected chi connectivity index (χ3v) is 3.79. The van der Waals surface area contributed by atoms with Crippen molar-refractivity contribution >= 4 is 28.3 Å². The molecule has 2 N–H and O–H groups in total. The molecule has 2 heterocycles. The second-order valence-corrected chi connectivity index (χ2v) is 5.86. The van der Waals surface area contributed by atoms with E-state index in [0.29, 0.717) is 10.8 Å². The second kappa shape index (κ2) is 7.48. The molecule has 0 aliphatic carbocycles. The van der Waals surface area contributed by atoms with Crippen molar-refractivity contribution in [1.29, 1.82) is 0 Å². The van der Waals surface area contributed by atoms with Crippen molar-refractivity contribution < 1.29 is 14.3 Å². The Labute approximate surface area is 127 Å². The van der Waals surface area contributed by atoms with Crippen LogP contribution < -0.4 is 10.6 Å². The molecule has 116 valence electrons. The summed E-state index contributed by atoms with van der Waals surface area (Å²) in [6.45, 7) is 7.44. The van der Waals surface area contributed by atoms with Crippen LogP contribution in [0.2, 0.25) is 0 Å². The van der Waals surface area contributed by atoms with Crippen molar-refractivity contribution in [3.63, 3.8) is 0 Å². The molecule has 0 spiro atoms. The summed E-state index contributed by atoms with van der Waals surface area (Å²) >= 11 is 1.24. The van der Waals surface area contributed by atoms with E-state index in [-0.39, 0.29) is 17.9 Å². The van der Waals surface area contributed by atoms with Gasteiger partial charge >= 0.3 is 0 Å². The summed E-state index contributed by atoms with van der Waals surface area (Å²) in [5.74, 6) is -0.416. The summed E-state index contributed by atoms with van der Waals surface area (Å²) in [6.07, 6.45) is 0. The van der Waals surface area contributed by atoms with Crippen molar-refractivity contribution in [2.45, 2.75) is 19.9 Å². The highest BCUT2D eigenvalue weighted by Crippen LogP contribution is 2.15. The summed E-state index contributed by atoms with van der Waals surface area (Å²) in [5, 5.41) is 7.56. The Balaban J connectivity index is 1.82. The highest BCUT2D eigenvalue weighted by Gasteiger charge is 2.17. The molecular formula is C13H20N4O3S. The first-order valence-corrected chi connectivity index (χ1v) is 7.76. The molecule has 21 heavy (non-hydrogen) atoms. The third kappa shape index (κ3) is 5.07. The number of anilines is 1. The number of carbonyl (C=O) groups excluding carboxylic acids is 2. The van der Waals surface area contributed by atoms with Crippen LogP contribution in [0.4, 0.5) is 5.13 Å².